The van der Waals surface area contributed by atoms with E-state index in [1.54, 1.807) is 14.2 Å². The van der Waals surface area contributed by atoms with Crippen molar-refractivity contribution < 1.29 is 9.47 Å². The van der Waals surface area contributed by atoms with Crippen molar-refractivity contribution in [2.24, 2.45) is 0 Å². The van der Waals surface area contributed by atoms with Crippen LogP contribution in [0.3, 0.4) is 0 Å². The maximum Gasteiger partial charge on any atom is 0.195 e. The van der Waals surface area contributed by atoms with Gasteiger partial charge in [-0.15, -0.1) is 0 Å². The molecule has 2 aromatic rings. The predicted octanol–water partition coefficient (Wildman–Crippen LogP) is 3.77. The molecule has 1 aliphatic rings. The van der Waals surface area contributed by atoms with E-state index in [0.717, 1.165) is 22.1 Å². The minimum atomic E-state index is -2.39. The molecule has 0 spiro atoms. The fourth-order valence-corrected chi connectivity index (χ4v) is 111. The fraction of sp³-hybridized carbons (Fsp3) is 0.143. The average Bonchev–Trinajstić information content (AvgIpc) is 2.66. The monoisotopic (exact) mass is 533 g/mol. The van der Waals surface area contributed by atoms with Crippen LogP contribution < -0.4 is 20.1 Å². The molecule has 2 nitrogen and oxygen atoms in total. The van der Waals surface area contributed by atoms with E-state index in [0.29, 0.717) is 0 Å². The Hall–Kier alpha value is 1.13. The van der Waals surface area contributed by atoms with Crippen LogP contribution in [0, 0.1) is 0 Å². The molecule has 0 saturated carbocycles. The molecule has 0 amide bonds. The summed E-state index contributed by atoms with van der Waals surface area (Å²) < 4.78 is 8.12. The molecule has 1 fully saturated rings. The molecule has 26 heavy (non-hydrogen) atoms. The molecule has 12 heteroatoms. The highest BCUT2D eigenvalue weighted by molar-refractivity contribution is 9.62. The normalized spacial score (nSPS) is 28.7. The zero-order chi connectivity index (χ0) is 19.4. The lowest BCUT2D eigenvalue weighted by Gasteiger charge is -2.48. The van der Waals surface area contributed by atoms with Gasteiger partial charge >= 0.3 is 0 Å². The minimum Gasteiger partial charge on any atom is -0.497 e. The Morgan fingerprint density at radius 1 is 0.808 bits per heavy atom. The van der Waals surface area contributed by atoms with Gasteiger partial charge in [0.15, 0.2) is 9.80 Å². The van der Waals surface area contributed by atoms with E-state index in [4.69, 9.17) is 66.0 Å². The summed E-state index contributed by atoms with van der Waals surface area (Å²) >= 11 is 30.5. The van der Waals surface area contributed by atoms with Crippen molar-refractivity contribution in [2.45, 2.75) is 0 Å². The predicted molar refractivity (Wildman–Crippen MR) is 140 cm³/mol. The van der Waals surface area contributed by atoms with Gasteiger partial charge in [0, 0.05) is 5.30 Å². The molecule has 0 aliphatic carbocycles. The molecular weight excluding hydrogens is 518 g/mol. The number of hydrogen-bond donors (Lipinski definition) is 0. The van der Waals surface area contributed by atoms with Gasteiger partial charge in [-0.2, -0.15) is 0 Å². The zero-order valence-corrected chi connectivity index (χ0v) is 22.4. The van der Waals surface area contributed by atoms with E-state index in [2.05, 4.69) is 8.93 Å². The lowest BCUT2D eigenvalue weighted by Crippen LogP contribution is -2.34. The summed E-state index contributed by atoms with van der Waals surface area (Å²) in [6.45, 7) is 0. The smallest absolute Gasteiger partial charge is 0.195 e. The standard InChI is InChI=1S/C14H16O2P3S7/c1-15-11-3-7-13(8-4-11)18(17)25(21,22)19(20,26(18,23)24)14-9-5-12(16-2)6-10-14/h3-10H,17H2,1-2H3/q+1. The second-order valence-corrected chi connectivity index (χ2v) is 47.6. The highest BCUT2D eigenvalue weighted by Gasteiger charge is 2.72. The zero-order valence-electron chi connectivity index (χ0n) is 13.8. The lowest BCUT2D eigenvalue weighted by atomic mass is 10.3. The Balaban J connectivity index is 2.19. The van der Waals surface area contributed by atoms with Crippen LogP contribution in [0.15, 0.2) is 48.5 Å². The van der Waals surface area contributed by atoms with E-state index in [-0.39, 0.29) is 0 Å². The highest BCUT2D eigenvalue weighted by atomic mass is 34.0. The molecule has 3 rings (SSSR count). The third-order valence-electron chi connectivity index (χ3n) is 4.11. The van der Waals surface area contributed by atoms with Crippen molar-refractivity contribution in [1.29, 1.82) is 0 Å². The summed E-state index contributed by atoms with van der Waals surface area (Å²) in [4.78, 5) is 0. The number of rotatable bonds is 4. The van der Waals surface area contributed by atoms with Gasteiger partial charge in [0.2, 0.25) is 0 Å². The Morgan fingerprint density at radius 2 is 1.19 bits per heavy atom. The van der Waals surface area contributed by atoms with Crippen molar-refractivity contribution in [3.63, 3.8) is 0 Å². The molecule has 140 valence electrons. The Bertz CT molecular complexity index is 1070. The Labute approximate surface area is 180 Å². The fourth-order valence-electron chi connectivity index (χ4n) is 2.62. The van der Waals surface area contributed by atoms with Gasteiger partial charge in [-0.1, -0.05) is 11.8 Å². The second-order valence-electron chi connectivity index (χ2n) is 5.39. The first-order valence-corrected chi connectivity index (χ1v) is 22.7. The summed E-state index contributed by atoms with van der Waals surface area (Å²) in [7, 11) is 6.21. The van der Waals surface area contributed by atoms with Crippen molar-refractivity contribution in [3.8, 4) is 11.5 Å². The summed E-state index contributed by atoms with van der Waals surface area (Å²) in [6.07, 6.45) is -4.00. The van der Waals surface area contributed by atoms with Crippen LogP contribution in [0.4, 0.5) is 0 Å². The minimum absolute atomic E-state index is 0.765. The SMILES string of the molecule is COc1ccc(P2(=S)S(=S)(=S)[P+](P)(c3ccc(OC)cc3)S2(=S)=S)cc1. The van der Waals surface area contributed by atoms with Crippen LogP contribution in [-0.4, -0.2) is 14.2 Å². The number of hydrogen-bond acceptors (Lipinski definition) is 7. The van der Waals surface area contributed by atoms with E-state index >= 15 is 0 Å². The van der Waals surface area contributed by atoms with Crippen LogP contribution >= 0.6 is 18.7 Å². The topological polar surface area (TPSA) is 18.5 Å². The molecule has 1 saturated heterocycles. The van der Waals surface area contributed by atoms with Crippen molar-refractivity contribution in [1.82, 2.24) is 0 Å². The lowest BCUT2D eigenvalue weighted by molar-refractivity contribution is 0.415. The van der Waals surface area contributed by atoms with Crippen LogP contribution in [0.5, 0.6) is 11.5 Å². The van der Waals surface area contributed by atoms with E-state index in [1.807, 2.05) is 48.5 Å². The number of benzene rings is 2. The maximum atomic E-state index is 6.16. The quantitative estimate of drug-likeness (QED) is 0.550. The van der Waals surface area contributed by atoms with Crippen LogP contribution in [-0.2, 0) is 69.3 Å². The molecule has 0 radical (unpaired) electrons. The highest BCUT2D eigenvalue weighted by Crippen LogP contribution is 3.02. The van der Waals surface area contributed by atoms with Crippen molar-refractivity contribution in [3.05, 3.63) is 48.5 Å². The van der Waals surface area contributed by atoms with E-state index in [1.165, 1.54) is 0 Å². The molecule has 2 aromatic carbocycles. The molecular formula is C14H16O2P3S7+. The molecule has 1 aliphatic heterocycles. The van der Waals surface area contributed by atoms with Crippen molar-refractivity contribution >= 4 is 98.7 Å². The molecule has 0 bridgehead atoms. The second kappa shape index (κ2) is 7.43. The van der Waals surface area contributed by atoms with Crippen molar-refractivity contribution in [2.75, 3.05) is 14.2 Å². The van der Waals surface area contributed by atoms with Gasteiger partial charge in [-0.05, 0) is 93.3 Å². The van der Waals surface area contributed by atoms with Crippen LogP contribution in [0.25, 0.3) is 0 Å². The first kappa shape index (κ1) is 21.8. The number of ether oxygens (including phenoxy) is 2. The summed E-state index contributed by atoms with van der Waals surface area (Å²) in [5.41, 5.74) is 0. The maximum absolute atomic E-state index is 6.16. The van der Waals surface area contributed by atoms with E-state index < -0.39 is 22.6 Å². The molecule has 0 N–H and O–H groups in total. The molecule has 0 aromatic heterocycles. The number of methoxy groups -OCH3 is 2. The Kier molecular flexibility index (Phi) is 6.24. The third kappa shape index (κ3) is 2.74. The average molecular weight is 534 g/mol. The van der Waals surface area contributed by atoms with Gasteiger partial charge in [0.1, 0.15) is 16.8 Å². The summed E-state index contributed by atoms with van der Waals surface area (Å²) in [6, 6.07) is 15.5. The first-order valence-electron chi connectivity index (χ1n) is 7.15. The van der Waals surface area contributed by atoms with Gasteiger partial charge in [0.05, 0.1) is 35.9 Å². The Morgan fingerprint density at radius 3 is 1.58 bits per heavy atom. The van der Waals surface area contributed by atoms with E-state index in [9.17, 15) is 0 Å². The van der Waals surface area contributed by atoms with Gasteiger partial charge in [-0.25, -0.2) is 0 Å². The summed E-state index contributed by atoms with van der Waals surface area (Å²) in [5, 5.41) is -0.0972. The first-order chi connectivity index (χ1) is 12.1. The van der Waals surface area contributed by atoms with Crippen LogP contribution in [0.1, 0.15) is 0 Å². The summed E-state index contributed by atoms with van der Waals surface area (Å²) in [5.74, 6) is 1.55. The van der Waals surface area contributed by atoms with Gasteiger partial charge in [-0.3, -0.25) is 0 Å². The largest absolute Gasteiger partial charge is 0.497 e. The molecule has 1 heterocycles. The molecule has 1 unspecified atom stereocenters. The third-order valence-corrected chi connectivity index (χ3v) is 88.6. The molecule has 1 atom stereocenters. The van der Waals surface area contributed by atoms with Gasteiger partial charge in [0.25, 0.3) is 0 Å². The van der Waals surface area contributed by atoms with Crippen LogP contribution in [0.2, 0.25) is 0 Å². The van der Waals surface area contributed by atoms with Gasteiger partial charge < -0.3 is 9.47 Å².